The van der Waals surface area contributed by atoms with E-state index in [0.717, 1.165) is 29.7 Å². The number of aromatic nitrogens is 2. The van der Waals surface area contributed by atoms with E-state index in [1.165, 1.54) is 0 Å². The molecule has 0 spiro atoms. The van der Waals surface area contributed by atoms with Crippen LogP contribution >= 0.6 is 15.9 Å². The normalized spacial score (nSPS) is 12.1. The lowest BCUT2D eigenvalue weighted by molar-refractivity contribution is -0.123. The number of nitrogens with one attached hydrogen (secondary N) is 3. The quantitative estimate of drug-likeness (QED) is 0.450. The maximum atomic E-state index is 12.6. The van der Waals surface area contributed by atoms with Crippen LogP contribution in [-0.2, 0) is 11.2 Å². The summed E-state index contributed by atoms with van der Waals surface area (Å²) in [4.78, 5) is 33.0. The van der Waals surface area contributed by atoms with E-state index >= 15 is 0 Å². The Kier molecular flexibility index (Phi) is 7.04. The number of halogens is 1. The summed E-state index contributed by atoms with van der Waals surface area (Å²) in [6, 6.07) is 14.5. The molecule has 2 aromatic carbocycles. The number of aromatic amines is 1. The first kappa shape index (κ1) is 21.0. The fourth-order valence-electron chi connectivity index (χ4n) is 3.10. The van der Waals surface area contributed by atoms with Gasteiger partial charge in [-0.3, -0.25) is 9.59 Å². The molecule has 152 valence electrons. The molecule has 1 atom stereocenters. The van der Waals surface area contributed by atoms with Crippen LogP contribution < -0.4 is 10.6 Å². The standard InChI is InChI=1S/C22H25BrN4O2/c1-14(2)20(27-21(28)15-8-3-4-9-16(15)23)22(29)24-13-7-12-19-25-17-10-5-6-11-18(17)26-19/h3-6,8-11,14,20H,7,12-13H2,1-2H3,(H,24,29)(H,25,26)(H,27,28)/t20-/m1/s1. The summed E-state index contributed by atoms with van der Waals surface area (Å²) in [6.07, 6.45) is 1.50. The molecule has 7 heteroatoms. The monoisotopic (exact) mass is 456 g/mol. The Morgan fingerprint density at radius 1 is 1.10 bits per heavy atom. The van der Waals surface area contributed by atoms with E-state index in [1.807, 2.05) is 44.2 Å². The van der Waals surface area contributed by atoms with Crippen molar-refractivity contribution in [2.75, 3.05) is 6.54 Å². The zero-order chi connectivity index (χ0) is 20.8. The highest BCUT2D eigenvalue weighted by molar-refractivity contribution is 9.10. The number of carbonyl (C=O) groups excluding carboxylic acids is 2. The summed E-state index contributed by atoms with van der Waals surface area (Å²) in [5, 5.41) is 5.78. The second kappa shape index (κ2) is 9.69. The molecular weight excluding hydrogens is 432 g/mol. The number of rotatable bonds is 8. The Morgan fingerprint density at radius 2 is 1.83 bits per heavy atom. The SMILES string of the molecule is CC(C)[C@@H](NC(=O)c1ccccc1Br)C(=O)NCCCc1nc2ccccc2[nH]1. The fraction of sp³-hybridized carbons (Fsp3) is 0.318. The molecule has 0 aliphatic heterocycles. The molecule has 0 aliphatic carbocycles. The summed E-state index contributed by atoms with van der Waals surface area (Å²) < 4.78 is 0.700. The van der Waals surface area contributed by atoms with Crippen molar-refractivity contribution in [2.24, 2.45) is 5.92 Å². The molecule has 3 rings (SSSR count). The Hall–Kier alpha value is -2.67. The highest BCUT2D eigenvalue weighted by atomic mass is 79.9. The largest absolute Gasteiger partial charge is 0.354 e. The van der Waals surface area contributed by atoms with E-state index in [0.29, 0.717) is 16.6 Å². The van der Waals surface area contributed by atoms with E-state index in [9.17, 15) is 9.59 Å². The molecular formula is C22H25BrN4O2. The molecule has 1 aromatic heterocycles. The molecule has 0 saturated carbocycles. The van der Waals surface area contributed by atoms with Crippen molar-refractivity contribution in [1.82, 2.24) is 20.6 Å². The van der Waals surface area contributed by atoms with Gasteiger partial charge in [-0.15, -0.1) is 0 Å². The lowest BCUT2D eigenvalue weighted by Crippen LogP contribution is -2.50. The third kappa shape index (κ3) is 5.44. The van der Waals surface area contributed by atoms with Gasteiger partial charge in [0, 0.05) is 17.4 Å². The number of imidazole rings is 1. The molecule has 3 aromatic rings. The van der Waals surface area contributed by atoms with Gasteiger partial charge in [-0.2, -0.15) is 0 Å². The number of fused-ring (bicyclic) bond motifs is 1. The van der Waals surface area contributed by atoms with Gasteiger partial charge in [0.25, 0.3) is 5.91 Å². The summed E-state index contributed by atoms with van der Waals surface area (Å²) >= 11 is 3.38. The number of para-hydroxylation sites is 2. The lowest BCUT2D eigenvalue weighted by Gasteiger charge is -2.22. The third-order valence-corrected chi connectivity index (χ3v) is 5.37. The molecule has 0 saturated heterocycles. The van der Waals surface area contributed by atoms with Crippen LogP contribution in [0.3, 0.4) is 0 Å². The molecule has 0 bridgehead atoms. The number of carbonyl (C=O) groups is 2. The maximum Gasteiger partial charge on any atom is 0.253 e. The van der Waals surface area contributed by atoms with Gasteiger partial charge in [0.1, 0.15) is 11.9 Å². The Labute approximate surface area is 178 Å². The summed E-state index contributed by atoms with van der Waals surface area (Å²) in [5.74, 6) is 0.429. The number of aryl methyl sites for hydroxylation is 1. The van der Waals surface area contributed by atoms with E-state index < -0.39 is 6.04 Å². The molecule has 0 fully saturated rings. The summed E-state index contributed by atoms with van der Waals surface area (Å²) in [7, 11) is 0. The van der Waals surface area contributed by atoms with Crippen molar-refractivity contribution >= 4 is 38.8 Å². The van der Waals surface area contributed by atoms with Gasteiger partial charge >= 0.3 is 0 Å². The first-order chi connectivity index (χ1) is 14.0. The van der Waals surface area contributed by atoms with Crippen LogP contribution in [-0.4, -0.2) is 34.4 Å². The predicted octanol–water partition coefficient (Wildman–Crippen LogP) is 3.83. The van der Waals surface area contributed by atoms with Gasteiger partial charge in [-0.25, -0.2) is 4.98 Å². The maximum absolute atomic E-state index is 12.6. The van der Waals surface area contributed by atoms with Gasteiger partial charge in [0.05, 0.1) is 16.6 Å². The topological polar surface area (TPSA) is 86.9 Å². The zero-order valence-corrected chi connectivity index (χ0v) is 18.1. The van der Waals surface area contributed by atoms with Crippen molar-refractivity contribution in [3.63, 3.8) is 0 Å². The fourth-order valence-corrected chi connectivity index (χ4v) is 3.57. The first-order valence-corrected chi connectivity index (χ1v) is 10.5. The summed E-state index contributed by atoms with van der Waals surface area (Å²) in [6.45, 7) is 4.35. The van der Waals surface area contributed by atoms with Crippen LogP contribution in [0.1, 0.15) is 36.5 Å². The molecule has 0 aliphatic rings. The third-order valence-electron chi connectivity index (χ3n) is 4.68. The minimum atomic E-state index is -0.596. The summed E-state index contributed by atoms with van der Waals surface area (Å²) in [5.41, 5.74) is 2.47. The van der Waals surface area contributed by atoms with Gasteiger partial charge in [0.15, 0.2) is 0 Å². The van der Waals surface area contributed by atoms with Crippen molar-refractivity contribution in [3.8, 4) is 0 Å². The molecule has 0 unspecified atom stereocenters. The van der Waals surface area contributed by atoms with Gasteiger partial charge in [0.2, 0.25) is 5.91 Å². The van der Waals surface area contributed by atoms with Gasteiger partial charge < -0.3 is 15.6 Å². The van der Waals surface area contributed by atoms with E-state index in [4.69, 9.17) is 0 Å². The molecule has 1 heterocycles. The molecule has 6 nitrogen and oxygen atoms in total. The average molecular weight is 457 g/mol. The van der Waals surface area contributed by atoms with Crippen molar-refractivity contribution < 1.29 is 9.59 Å². The number of nitrogens with zero attached hydrogens (tertiary/aromatic N) is 1. The van der Waals surface area contributed by atoms with E-state index in [1.54, 1.807) is 18.2 Å². The Balaban J connectivity index is 1.51. The zero-order valence-electron chi connectivity index (χ0n) is 16.5. The number of amides is 2. The van der Waals surface area contributed by atoms with Crippen molar-refractivity contribution in [2.45, 2.75) is 32.7 Å². The molecule has 0 radical (unpaired) electrons. The first-order valence-electron chi connectivity index (χ1n) is 9.72. The predicted molar refractivity (Wildman–Crippen MR) is 118 cm³/mol. The van der Waals surface area contributed by atoms with Crippen LogP contribution in [0, 0.1) is 5.92 Å². The lowest BCUT2D eigenvalue weighted by atomic mass is 10.0. The molecule has 29 heavy (non-hydrogen) atoms. The van der Waals surface area contributed by atoms with Crippen LogP contribution in [0.5, 0.6) is 0 Å². The number of hydrogen-bond donors (Lipinski definition) is 3. The van der Waals surface area contributed by atoms with Gasteiger partial charge in [-0.05, 0) is 52.5 Å². The number of benzene rings is 2. The highest BCUT2D eigenvalue weighted by Crippen LogP contribution is 2.16. The highest BCUT2D eigenvalue weighted by Gasteiger charge is 2.25. The number of H-pyrrole nitrogens is 1. The minimum absolute atomic E-state index is 0.0307. The Morgan fingerprint density at radius 3 is 2.55 bits per heavy atom. The van der Waals surface area contributed by atoms with Gasteiger partial charge in [-0.1, -0.05) is 38.1 Å². The van der Waals surface area contributed by atoms with Crippen molar-refractivity contribution in [1.29, 1.82) is 0 Å². The smallest absolute Gasteiger partial charge is 0.253 e. The molecule has 3 N–H and O–H groups in total. The van der Waals surface area contributed by atoms with Crippen LogP contribution in [0.4, 0.5) is 0 Å². The van der Waals surface area contributed by atoms with Crippen LogP contribution in [0.15, 0.2) is 53.0 Å². The van der Waals surface area contributed by atoms with E-state index in [2.05, 4.69) is 36.5 Å². The second-order valence-electron chi connectivity index (χ2n) is 7.27. The number of hydrogen-bond acceptors (Lipinski definition) is 3. The minimum Gasteiger partial charge on any atom is -0.354 e. The Bertz CT molecular complexity index is 966. The average Bonchev–Trinajstić information content (AvgIpc) is 3.12. The van der Waals surface area contributed by atoms with Crippen LogP contribution in [0.25, 0.3) is 11.0 Å². The molecule has 2 amide bonds. The van der Waals surface area contributed by atoms with E-state index in [-0.39, 0.29) is 17.7 Å². The van der Waals surface area contributed by atoms with Crippen molar-refractivity contribution in [3.05, 3.63) is 64.4 Å². The van der Waals surface area contributed by atoms with Crippen LogP contribution in [0.2, 0.25) is 0 Å². The second-order valence-corrected chi connectivity index (χ2v) is 8.12.